The second-order valence-corrected chi connectivity index (χ2v) is 4.49. The van der Waals surface area contributed by atoms with Gasteiger partial charge in [0.1, 0.15) is 5.82 Å². The van der Waals surface area contributed by atoms with E-state index in [-0.39, 0.29) is 0 Å². The van der Waals surface area contributed by atoms with Crippen molar-refractivity contribution in [2.24, 2.45) is 5.92 Å². The van der Waals surface area contributed by atoms with Gasteiger partial charge in [0.15, 0.2) is 0 Å². The van der Waals surface area contributed by atoms with Crippen molar-refractivity contribution in [3.63, 3.8) is 0 Å². The smallest absolute Gasteiger partial charge is 0.146 e. The van der Waals surface area contributed by atoms with Crippen LogP contribution in [0.4, 0.5) is 5.82 Å². The van der Waals surface area contributed by atoms with Gasteiger partial charge in [-0.2, -0.15) is 5.10 Å². The summed E-state index contributed by atoms with van der Waals surface area (Å²) in [5, 5.41) is 7.96. The van der Waals surface area contributed by atoms with E-state index in [1.165, 1.54) is 38.5 Å². The molecule has 2 N–H and O–H groups in total. The van der Waals surface area contributed by atoms with Crippen LogP contribution in [0.25, 0.3) is 0 Å². The largest absolute Gasteiger partial charge is 0.382 e. The predicted molar refractivity (Wildman–Crippen MR) is 61.3 cm³/mol. The second-order valence-electron chi connectivity index (χ2n) is 4.49. The SMILES string of the molecule is Nc1ccc(CCC2CCCCC2)nn1. The van der Waals surface area contributed by atoms with Crippen molar-refractivity contribution < 1.29 is 0 Å². The molecule has 0 aliphatic heterocycles. The van der Waals surface area contributed by atoms with Gasteiger partial charge in [0.05, 0.1) is 5.69 Å². The highest BCUT2D eigenvalue weighted by molar-refractivity contribution is 5.25. The molecule has 1 aromatic rings. The first-order chi connectivity index (χ1) is 7.34. The van der Waals surface area contributed by atoms with E-state index in [0.717, 1.165) is 18.0 Å². The van der Waals surface area contributed by atoms with Crippen molar-refractivity contribution in [1.82, 2.24) is 10.2 Å². The first kappa shape index (κ1) is 10.4. The van der Waals surface area contributed by atoms with E-state index in [9.17, 15) is 0 Å². The summed E-state index contributed by atoms with van der Waals surface area (Å²) >= 11 is 0. The molecule has 15 heavy (non-hydrogen) atoms. The van der Waals surface area contributed by atoms with E-state index in [0.29, 0.717) is 5.82 Å². The number of hydrogen-bond donors (Lipinski definition) is 1. The Morgan fingerprint density at radius 1 is 1.13 bits per heavy atom. The maximum Gasteiger partial charge on any atom is 0.146 e. The summed E-state index contributed by atoms with van der Waals surface area (Å²) in [6, 6.07) is 3.83. The molecule has 2 rings (SSSR count). The molecular weight excluding hydrogens is 186 g/mol. The summed E-state index contributed by atoms with van der Waals surface area (Å²) in [6.07, 6.45) is 9.38. The lowest BCUT2D eigenvalue weighted by atomic mass is 9.86. The molecule has 3 heteroatoms. The molecule has 1 aliphatic rings. The number of rotatable bonds is 3. The molecule has 82 valence electrons. The van der Waals surface area contributed by atoms with Crippen LogP contribution in [0.5, 0.6) is 0 Å². The van der Waals surface area contributed by atoms with Crippen molar-refractivity contribution in [3.8, 4) is 0 Å². The van der Waals surface area contributed by atoms with Gasteiger partial charge < -0.3 is 5.73 Å². The molecule has 1 aliphatic carbocycles. The summed E-state index contributed by atoms with van der Waals surface area (Å²) in [7, 11) is 0. The maximum atomic E-state index is 5.49. The van der Waals surface area contributed by atoms with E-state index < -0.39 is 0 Å². The predicted octanol–water partition coefficient (Wildman–Crippen LogP) is 2.57. The third-order valence-electron chi connectivity index (χ3n) is 3.27. The molecule has 3 nitrogen and oxygen atoms in total. The van der Waals surface area contributed by atoms with Crippen LogP contribution < -0.4 is 5.73 Å². The van der Waals surface area contributed by atoms with Gasteiger partial charge in [-0.3, -0.25) is 0 Å². The Morgan fingerprint density at radius 3 is 2.60 bits per heavy atom. The van der Waals surface area contributed by atoms with E-state index in [2.05, 4.69) is 10.2 Å². The van der Waals surface area contributed by atoms with Gasteiger partial charge in [-0.15, -0.1) is 5.10 Å². The Bertz CT molecular complexity index is 288. The molecule has 0 atom stereocenters. The molecule has 0 spiro atoms. The summed E-state index contributed by atoms with van der Waals surface area (Å²) in [5.74, 6) is 1.43. The number of anilines is 1. The summed E-state index contributed by atoms with van der Waals surface area (Å²) in [5.41, 5.74) is 6.57. The topological polar surface area (TPSA) is 51.8 Å². The lowest BCUT2D eigenvalue weighted by Crippen LogP contribution is -2.08. The number of aromatic nitrogens is 2. The number of nitrogen functional groups attached to an aromatic ring is 1. The number of hydrogen-bond acceptors (Lipinski definition) is 3. The third-order valence-corrected chi connectivity index (χ3v) is 3.27. The van der Waals surface area contributed by atoms with Crippen molar-refractivity contribution in [3.05, 3.63) is 17.8 Å². The lowest BCUT2D eigenvalue weighted by molar-refractivity contribution is 0.338. The van der Waals surface area contributed by atoms with Crippen LogP contribution in [0.15, 0.2) is 12.1 Å². The molecular formula is C12H19N3. The van der Waals surface area contributed by atoms with E-state index in [1.807, 2.05) is 12.1 Å². The fourth-order valence-corrected chi connectivity index (χ4v) is 2.33. The van der Waals surface area contributed by atoms with Crippen molar-refractivity contribution >= 4 is 5.82 Å². The quantitative estimate of drug-likeness (QED) is 0.825. The minimum Gasteiger partial charge on any atom is -0.382 e. The first-order valence-corrected chi connectivity index (χ1v) is 5.92. The highest BCUT2D eigenvalue weighted by atomic mass is 15.1. The molecule has 0 saturated heterocycles. The molecule has 1 fully saturated rings. The Hall–Kier alpha value is -1.12. The van der Waals surface area contributed by atoms with Crippen LogP contribution in [-0.4, -0.2) is 10.2 Å². The van der Waals surface area contributed by atoms with Gasteiger partial charge >= 0.3 is 0 Å². The van der Waals surface area contributed by atoms with Gasteiger partial charge in [-0.05, 0) is 30.9 Å². The molecule has 0 amide bonds. The van der Waals surface area contributed by atoms with Crippen LogP contribution >= 0.6 is 0 Å². The molecule has 0 aromatic carbocycles. The van der Waals surface area contributed by atoms with Crippen LogP contribution in [0.2, 0.25) is 0 Å². The second kappa shape index (κ2) is 5.10. The average Bonchev–Trinajstić information content (AvgIpc) is 2.30. The molecule has 0 unspecified atom stereocenters. The molecule has 0 bridgehead atoms. The zero-order chi connectivity index (χ0) is 10.5. The Labute approximate surface area is 91.1 Å². The van der Waals surface area contributed by atoms with Crippen LogP contribution in [0.1, 0.15) is 44.2 Å². The fraction of sp³-hybridized carbons (Fsp3) is 0.667. The Balaban J connectivity index is 1.79. The highest BCUT2D eigenvalue weighted by Crippen LogP contribution is 2.27. The summed E-state index contributed by atoms with van der Waals surface area (Å²) < 4.78 is 0. The Kier molecular flexibility index (Phi) is 3.54. The van der Waals surface area contributed by atoms with Gasteiger partial charge in [0.2, 0.25) is 0 Å². The number of nitrogens with zero attached hydrogens (tertiary/aromatic N) is 2. The molecule has 1 aromatic heterocycles. The normalized spacial score (nSPS) is 17.9. The molecule has 1 saturated carbocycles. The van der Waals surface area contributed by atoms with Gasteiger partial charge in [0, 0.05) is 0 Å². The standard InChI is InChI=1S/C12H19N3/c13-12-9-8-11(14-15-12)7-6-10-4-2-1-3-5-10/h8-10H,1-7H2,(H2,13,15). The minimum absolute atomic E-state index is 0.511. The summed E-state index contributed by atoms with van der Waals surface area (Å²) in [4.78, 5) is 0. The van der Waals surface area contributed by atoms with Crippen LogP contribution in [0.3, 0.4) is 0 Å². The van der Waals surface area contributed by atoms with Crippen LogP contribution in [0, 0.1) is 5.92 Å². The third kappa shape index (κ3) is 3.18. The van der Waals surface area contributed by atoms with E-state index in [4.69, 9.17) is 5.73 Å². The summed E-state index contributed by atoms with van der Waals surface area (Å²) in [6.45, 7) is 0. The van der Waals surface area contributed by atoms with Crippen molar-refractivity contribution in [2.45, 2.75) is 44.9 Å². The number of nitrogens with two attached hydrogens (primary N) is 1. The molecule has 1 heterocycles. The van der Waals surface area contributed by atoms with E-state index >= 15 is 0 Å². The van der Waals surface area contributed by atoms with Gasteiger partial charge in [-0.1, -0.05) is 32.1 Å². The van der Waals surface area contributed by atoms with E-state index in [1.54, 1.807) is 0 Å². The highest BCUT2D eigenvalue weighted by Gasteiger charge is 2.13. The van der Waals surface area contributed by atoms with Crippen LogP contribution in [-0.2, 0) is 6.42 Å². The first-order valence-electron chi connectivity index (χ1n) is 5.92. The fourth-order valence-electron chi connectivity index (χ4n) is 2.33. The lowest BCUT2D eigenvalue weighted by Gasteiger charge is -2.20. The maximum absolute atomic E-state index is 5.49. The monoisotopic (exact) mass is 205 g/mol. The van der Waals surface area contributed by atoms with Gasteiger partial charge in [-0.25, -0.2) is 0 Å². The van der Waals surface area contributed by atoms with Crippen molar-refractivity contribution in [2.75, 3.05) is 5.73 Å². The zero-order valence-corrected chi connectivity index (χ0v) is 9.15. The average molecular weight is 205 g/mol. The Morgan fingerprint density at radius 2 is 1.93 bits per heavy atom. The van der Waals surface area contributed by atoms with Gasteiger partial charge in [0.25, 0.3) is 0 Å². The molecule has 0 radical (unpaired) electrons. The number of aryl methyl sites for hydroxylation is 1. The minimum atomic E-state index is 0.511. The van der Waals surface area contributed by atoms with Crippen molar-refractivity contribution in [1.29, 1.82) is 0 Å². The zero-order valence-electron chi connectivity index (χ0n) is 9.15.